The van der Waals surface area contributed by atoms with Crippen molar-refractivity contribution in [3.05, 3.63) is 52.5 Å². The Morgan fingerprint density at radius 1 is 1.14 bits per heavy atom. The summed E-state index contributed by atoms with van der Waals surface area (Å²) >= 11 is 11.8. The van der Waals surface area contributed by atoms with Crippen LogP contribution in [0.2, 0.25) is 10.2 Å². The number of benzene rings is 1. The predicted octanol–water partition coefficient (Wildman–Crippen LogP) is 3.65. The molecule has 0 bridgehead atoms. The third-order valence-electron chi connectivity index (χ3n) is 2.87. The van der Waals surface area contributed by atoms with Crippen LogP contribution in [0, 0.1) is 6.92 Å². The molecule has 112 valence electrons. The summed E-state index contributed by atoms with van der Waals surface area (Å²) < 4.78 is 7.36. The van der Waals surface area contributed by atoms with Gasteiger partial charge in [0.15, 0.2) is 5.15 Å². The van der Waals surface area contributed by atoms with Crippen LogP contribution in [0.3, 0.4) is 0 Å². The molecule has 0 aliphatic carbocycles. The van der Waals surface area contributed by atoms with Gasteiger partial charge in [-0.25, -0.2) is 9.67 Å². The molecular weight excluding hydrogens is 325 g/mol. The van der Waals surface area contributed by atoms with E-state index in [1.165, 1.54) is 6.33 Å². The number of halogens is 2. The SMILES string of the molecule is Cc1cc(Oc2ncnc(Cl)c2N)n(-c2ccc(Cl)cc2)n1. The van der Waals surface area contributed by atoms with Gasteiger partial charge in [-0.1, -0.05) is 23.2 Å². The Morgan fingerprint density at radius 3 is 2.59 bits per heavy atom. The van der Waals surface area contributed by atoms with Gasteiger partial charge in [-0.15, -0.1) is 0 Å². The van der Waals surface area contributed by atoms with Crippen LogP contribution in [-0.4, -0.2) is 19.7 Å². The zero-order chi connectivity index (χ0) is 15.7. The largest absolute Gasteiger partial charge is 0.418 e. The van der Waals surface area contributed by atoms with Gasteiger partial charge in [0.1, 0.15) is 12.0 Å². The van der Waals surface area contributed by atoms with E-state index < -0.39 is 0 Å². The van der Waals surface area contributed by atoms with Gasteiger partial charge in [0.05, 0.1) is 11.4 Å². The average Bonchev–Trinajstić information content (AvgIpc) is 2.85. The minimum Gasteiger partial charge on any atom is -0.418 e. The van der Waals surface area contributed by atoms with E-state index in [1.807, 2.05) is 19.1 Å². The lowest BCUT2D eigenvalue weighted by atomic mass is 10.3. The van der Waals surface area contributed by atoms with Gasteiger partial charge < -0.3 is 10.5 Å². The number of rotatable bonds is 3. The second kappa shape index (κ2) is 5.82. The molecule has 0 spiro atoms. The van der Waals surface area contributed by atoms with Gasteiger partial charge in [-0.2, -0.15) is 10.1 Å². The first-order valence-corrected chi connectivity index (χ1v) is 7.06. The topological polar surface area (TPSA) is 78.9 Å². The van der Waals surface area contributed by atoms with Crippen molar-refractivity contribution in [2.75, 3.05) is 5.73 Å². The summed E-state index contributed by atoms with van der Waals surface area (Å²) in [4.78, 5) is 7.78. The Bertz CT molecular complexity index is 817. The fraction of sp³-hybridized carbons (Fsp3) is 0.0714. The fourth-order valence-electron chi connectivity index (χ4n) is 1.86. The van der Waals surface area contributed by atoms with Crippen molar-refractivity contribution < 1.29 is 4.74 Å². The molecule has 2 N–H and O–H groups in total. The van der Waals surface area contributed by atoms with E-state index in [0.29, 0.717) is 10.9 Å². The predicted molar refractivity (Wildman–Crippen MR) is 84.8 cm³/mol. The maximum absolute atomic E-state index is 5.90. The second-order valence-electron chi connectivity index (χ2n) is 4.50. The van der Waals surface area contributed by atoms with Crippen LogP contribution < -0.4 is 10.5 Å². The molecule has 0 aliphatic heterocycles. The molecule has 1 aromatic carbocycles. The number of aromatic nitrogens is 4. The van der Waals surface area contributed by atoms with E-state index in [0.717, 1.165) is 11.4 Å². The van der Waals surface area contributed by atoms with Crippen molar-refractivity contribution in [1.82, 2.24) is 19.7 Å². The number of hydrogen-bond acceptors (Lipinski definition) is 5. The smallest absolute Gasteiger partial charge is 0.249 e. The van der Waals surface area contributed by atoms with Gasteiger partial charge in [0.25, 0.3) is 0 Å². The van der Waals surface area contributed by atoms with E-state index in [-0.39, 0.29) is 16.7 Å². The molecule has 0 fully saturated rings. The molecule has 0 amide bonds. The van der Waals surface area contributed by atoms with Crippen LogP contribution in [-0.2, 0) is 0 Å². The minimum absolute atomic E-state index is 0.138. The lowest BCUT2D eigenvalue weighted by molar-refractivity contribution is 0.429. The highest BCUT2D eigenvalue weighted by atomic mass is 35.5. The van der Waals surface area contributed by atoms with Gasteiger partial charge in [-0.3, -0.25) is 0 Å². The van der Waals surface area contributed by atoms with Crippen LogP contribution >= 0.6 is 23.2 Å². The lowest BCUT2D eigenvalue weighted by Gasteiger charge is -2.09. The van der Waals surface area contributed by atoms with E-state index >= 15 is 0 Å². The summed E-state index contributed by atoms with van der Waals surface area (Å²) in [5, 5.41) is 5.17. The second-order valence-corrected chi connectivity index (χ2v) is 5.29. The maximum atomic E-state index is 5.90. The highest BCUT2D eigenvalue weighted by Gasteiger charge is 2.14. The fourth-order valence-corrected chi connectivity index (χ4v) is 2.11. The molecule has 0 saturated carbocycles. The standard InChI is InChI=1S/C14H11Cl2N5O/c1-8-6-11(22-14-12(17)13(16)18-7-19-14)21(20-8)10-4-2-9(15)3-5-10/h2-7H,17H2,1H3. The molecule has 2 aromatic heterocycles. The zero-order valence-electron chi connectivity index (χ0n) is 11.5. The highest BCUT2D eigenvalue weighted by molar-refractivity contribution is 6.32. The van der Waals surface area contributed by atoms with Gasteiger partial charge >= 0.3 is 0 Å². The van der Waals surface area contributed by atoms with Crippen molar-refractivity contribution in [1.29, 1.82) is 0 Å². The summed E-state index contributed by atoms with van der Waals surface area (Å²) in [6, 6.07) is 8.97. The van der Waals surface area contributed by atoms with Crippen LogP contribution in [0.15, 0.2) is 36.7 Å². The van der Waals surface area contributed by atoms with Gasteiger partial charge in [-0.05, 0) is 31.2 Å². The first-order valence-electron chi connectivity index (χ1n) is 6.31. The molecule has 2 heterocycles. The van der Waals surface area contributed by atoms with Gasteiger partial charge in [0, 0.05) is 11.1 Å². The van der Waals surface area contributed by atoms with Crippen molar-refractivity contribution in [3.63, 3.8) is 0 Å². The number of aryl methyl sites for hydroxylation is 1. The number of ether oxygens (including phenoxy) is 1. The van der Waals surface area contributed by atoms with Crippen LogP contribution in [0.1, 0.15) is 5.69 Å². The number of nitrogens with two attached hydrogens (primary N) is 1. The van der Waals surface area contributed by atoms with E-state index in [1.54, 1.807) is 22.9 Å². The Balaban J connectivity index is 2.01. The first kappa shape index (κ1) is 14.6. The third-order valence-corrected chi connectivity index (χ3v) is 3.42. The van der Waals surface area contributed by atoms with Crippen molar-refractivity contribution in [2.24, 2.45) is 0 Å². The molecule has 0 saturated heterocycles. The molecule has 0 unspecified atom stereocenters. The Morgan fingerprint density at radius 2 is 1.86 bits per heavy atom. The van der Waals surface area contributed by atoms with E-state index in [2.05, 4.69) is 15.1 Å². The zero-order valence-corrected chi connectivity index (χ0v) is 13.0. The first-order chi connectivity index (χ1) is 10.5. The third kappa shape index (κ3) is 2.84. The Labute approximate surface area is 136 Å². The average molecular weight is 336 g/mol. The van der Waals surface area contributed by atoms with Crippen LogP contribution in [0.4, 0.5) is 5.69 Å². The minimum atomic E-state index is 0.138. The highest BCUT2D eigenvalue weighted by Crippen LogP contribution is 2.30. The summed E-state index contributed by atoms with van der Waals surface area (Å²) in [6.07, 6.45) is 1.28. The summed E-state index contributed by atoms with van der Waals surface area (Å²) in [6.45, 7) is 1.86. The number of anilines is 1. The molecular formula is C14H11Cl2N5O. The molecule has 6 nitrogen and oxygen atoms in total. The Kier molecular flexibility index (Phi) is 3.87. The van der Waals surface area contributed by atoms with Crippen LogP contribution in [0.25, 0.3) is 5.69 Å². The molecule has 3 rings (SSSR count). The molecule has 8 heteroatoms. The van der Waals surface area contributed by atoms with Gasteiger partial charge in [0.2, 0.25) is 11.8 Å². The monoisotopic (exact) mass is 335 g/mol. The summed E-state index contributed by atoms with van der Waals surface area (Å²) in [5.41, 5.74) is 7.57. The lowest BCUT2D eigenvalue weighted by Crippen LogP contribution is -2.02. The van der Waals surface area contributed by atoms with E-state index in [4.69, 9.17) is 33.7 Å². The molecule has 0 atom stereocenters. The number of nitrogen functional groups attached to an aromatic ring is 1. The summed E-state index contributed by atoms with van der Waals surface area (Å²) in [7, 11) is 0. The maximum Gasteiger partial charge on any atom is 0.249 e. The molecule has 0 aliphatic rings. The van der Waals surface area contributed by atoms with Crippen LogP contribution in [0.5, 0.6) is 11.8 Å². The van der Waals surface area contributed by atoms with Crippen molar-refractivity contribution >= 4 is 28.9 Å². The van der Waals surface area contributed by atoms with Crippen molar-refractivity contribution in [2.45, 2.75) is 6.92 Å². The number of nitrogens with zero attached hydrogens (tertiary/aromatic N) is 4. The van der Waals surface area contributed by atoms with E-state index in [9.17, 15) is 0 Å². The molecule has 0 radical (unpaired) electrons. The summed E-state index contributed by atoms with van der Waals surface area (Å²) in [5.74, 6) is 0.636. The quantitative estimate of drug-likeness (QED) is 0.739. The van der Waals surface area contributed by atoms with Crippen molar-refractivity contribution in [3.8, 4) is 17.4 Å². The molecule has 3 aromatic rings. The normalized spacial score (nSPS) is 10.7. The Hall–Kier alpha value is -2.31. The number of hydrogen-bond donors (Lipinski definition) is 1. The molecule has 22 heavy (non-hydrogen) atoms.